The van der Waals surface area contributed by atoms with Crippen molar-refractivity contribution in [1.82, 2.24) is 4.98 Å². The molecule has 0 amide bonds. The molecule has 0 unspecified atom stereocenters. The van der Waals surface area contributed by atoms with Gasteiger partial charge in [-0.2, -0.15) is 0 Å². The Morgan fingerprint density at radius 3 is 3.00 bits per heavy atom. The van der Waals surface area contributed by atoms with Crippen molar-refractivity contribution >= 4 is 39.4 Å². The first-order chi connectivity index (χ1) is 6.74. The second kappa shape index (κ2) is 3.55. The Morgan fingerprint density at radius 1 is 1.57 bits per heavy atom. The standard InChI is InChI=1S/C9H6ClNO2S/c1-13-6-2-5(4-12)8-7(3-6)14-9(10)11-8/h2-4H,1H3. The molecule has 0 aliphatic heterocycles. The predicted molar refractivity (Wildman–Crippen MR) is 56.6 cm³/mol. The van der Waals surface area contributed by atoms with Crippen LogP contribution in [-0.4, -0.2) is 18.4 Å². The summed E-state index contributed by atoms with van der Waals surface area (Å²) in [5.74, 6) is 0.639. The number of halogens is 1. The maximum absolute atomic E-state index is 10.8. The third-order valence-electron chi connectivity index (χ3n) is 1.83. The molecule has 3 nitrogen and oxygen atoms in total. The molecular formula is C9H6ClNO2S. The summed E-state index contributed by atoms with van der Waals surface area (Å²) in [6.45, 7) is 0. The molecule has 0 saturated heterocycles. The van der Waals surface area contributed by atoms with Crippen molar-refractivity contribution in [2.75, 3.05) is 7.11 Å². The molecule has 1 aromatic carbocycles. The highest BCUT2D eigenvalue weighted by Gasteiger charge is 2.08. The van der Waals surface area contributed by atoms with Crippen LogP contribution in [0, 0.1) is 0 Å². The summed E-state index contributed by atoms with van der Waals surface area (Å²) >= 11 is 7.08. The van der Waals surface area contributed by atoms with Crippen molar-refractivity contribution in [1.29, 1.82) is 0 Å². The number of rotatable bonds is 2. The van der Waals surface area contributed by atoms with Crippen LogP contribution in [0.3, 0.4) is 0 Å². The van der Waals surface area contributed by atoms with Crippen LogP contribution in [-0.2, 0) is 0 Å². The Balaban J connectivity index is 2.78. The molecule has 0 N–H and O–H groups in total. The number of aromatic nitrogens is 1. The Bertz CT molecular complexity index is 495. The van der Waals surface area contributed by atoms with Crippen LogP contribution in [0.4, 0.5) is 0 Å². The number of benzene rings is 1. The molecule has 0 spiro atoms. The van der Waals surface area contributed by atoms with E-state index in [0.29, 0.717) is 21.3 Å². The second-order valence-electron chi connectivity index (χ2n) is 2.65. The number of hydrogen-bond acceptors (Lipinski definition) is 4. The molecule has 0 bridgehead atoms. The van der Waals surface area contributed by atoms with Gasteiger partial charge in [-0.15, -0.1) is 11.3 Å². The first kappa shape index (κ1) is 9.43. The zero-order valence-corrected chi connectivity index (χ0v) is 8.85. The van der Waals surface area contributed by atoms with Gasteiger partial charge in [-0.1, -0.05) is 11.6 Å². The average Bonchev–Trinajstić information content (AvgIpc) is 2.56. The van der Waals surface area contributed by atoms with Gasteiger partial charge >= 0.3 is 0 Å². The van der Waals surface area contributed by atoms with Crippen LogP contribution in [0.1, 0.15) is 10.4 Å². The van der Waals surface area contributed by atoms with E-state index in [4.69, 9.17) is 16.3 Å². The van der Waals surface area contributed by atoms with Crippen molar-refractivity contribution in [3.8, 4) is 5.75 Å². The van der Waals surface area contributed by atoms with Gasteiger partial charge in [0.15, 0.2) is 10.8 Å². The van der Waals surface area contributed by atoms with Gasteiger partial charge < -0.3 is 4.74 Å². The largest absolute Gasteiger partial charge is 0.497 e. The minimum Gasteiger partial charge on any atom is -0.497 e. The normalized spacial score (nSPS) is 10.4. The first-order valence-electron chi connectivity index (χ1n) is 3.84. The third kappa shape index (κ3) is 1.47. The van der Waals surface area contributed by atoms with Gasteiger partial charge in [-0.05, 0) is 12.1 Å². The van der Waals surface area contributed by atoms with Gasteiger partial charge in [0, 0.05) is 5.56 Å². The zero-order chi connectivity index (χ0) is 10.1. The summed E-state index contributed by atoms with van der Waals surface area (Å²) in [6.07, 6.45) is 0.751. The number of carbonyl (C=O) groups is 1. The van der Waals surface area contributed by atoms with Crippen molar-refractivity contribution in [3.05, 3.63) is 22.2 Å². The van der Waals surface area contributed by atoms with Gasteiger partial charge in [0.1, 0.15) is 5.75 Å². The molecule has 14 heavy (non-hydrogen) atoms. The quantitative estimate of drug-likeness (QED) is 0.741. The van der Waals surface area contributed by atoms with Crippen molar-refractivity contribution in [2.24, 2.45) is 0 Å². The monoisotopic (exact) mass is 227 g/mol. The SMILES string of the molecule is COc1cc(C=O)c2nc(Cl)sc2c1. The maximum Gasteiger partial charge on any atom is 0.184 e. The molecule has 72 valence electrons. The van der Waals surface area contributed by atoms with Crippen LogP contribution in [0.2, 0.25) is 4.47 Å². The summed E-state index contributed by atoms with van der Waals surface area (Å²) < 4.78 is 6.34. The van der Waals surface area contributed by atoms with Gasteiger partial charge in [0.05, 0.1) is 17.3 Å². The smallest absolute Gasteiger partial charge is 0.184 e. The zero-order valence-electron chi connectivity index (χ0n) is 7.28. The highest BCUT2D eigenvalue weighted by atomic mass is 35.5. The lowest BCUT2D eigenvalue weighted by molar-refractivity contribution is 0.112. The fourth-order valence-electron chi connectivity index (χ4n) is 1.21. The minimum atomic E-state index is 0.427. The van der Waals surface area contributed by atoms with E-state index < -0.39 is 0 Å². The number of thiazole rings is 1. The Morgan fingerprint density at radius 2 is 2.36 bits per heavy atom. The van der Waals surface area contributed by atoms with Crippen LogP contribution < -0.4 is 4.74 Å². The molecule has 0 saturated carbocycles. The number of nitrogens with zero attached hydrogens (tertiary/aromatic N) is 1. The van der Waals surface area contributed by atoms with Crippen LogP contribution in [0.5, 0.6) is 5.75 Å². The lowest BCUT2D eigenvalue weighted by atomic mass is 10.2. The van der Waals surface area contributed by atoms with Crippen molar-refractivity contribution in [2.45, 2.75) is 0 Å². The molecule has 1 aromatic heterocycles. The Labute approximate surface area is 89.3 Å². The fourth-order valence-corrected chi connectivity index (χ4v) is 2.30. The van der Waals surface area contributed by atoms with E-state index in [1.165, 1.54) is 11.3 Å². The molecule has 0 radical (unpaired) electrons. The van der Waals surface area contributed by atoms with Gasteiger partial charge in [0.25, 0.3) is 0 Å². The maximum atomic E-state index is 10.8. The number of ether oxygens (including phenoxy) is 1. The summed E-state index contributed by atoms with van der Waals surface area (Å²) in [5, 5.41) is 0. The van der Waals surface area contributed by atoms with Crippen LogP contribution in [0.15, 0.2) is 12.1 Å². The predicted octanol–water partition coefficient (Wildman–Crippen LogP) is 2.77. The molecular weight excluding hydrogens is 222 g/mol. The number of aldehydes is 1. The first-order valence-corrected chi connectivity index (χ1v) is 5.03. The van der Waals surface area contributed by atoms with Crippen LogP contribution in [0.25, 0.3) is 10.2 Å². The van der Waals surface area contributed by atoms with Gasteiger partial charge in [-0.3, -0.25) is 4.79 Å². The van der Waals surface area contributed by atoms with E-state index in [2.05, 4.69) is 4.98 Å². The van der Waals surface area contributed by atoms with E-state index in [1.54, 1.807) is 13.2 Å². The second-order valence-corrected chi connectivity index (χ2v) is 4.26. The van der Waals surface area contributed by atoms with E-state index >= 15 is 0 Å². The number of methoxy groups -OCH3 is 1. The van der Waals surface area contributed by atoms with Crippen molar-refractivity contribution in [3.63, 3.8) is 0 Å². The molecule has 5 heteroatoms. The molecule has 0 aliphatic carbocycles. The molecule has 2 aromatic rings. The highest BCUT2D eigenvalue weighted by molar-refractivity contribution is 7.22. The number of fused-ring (bicyclic) bond motifs is 1. The molecule has 1 heterocycles. The van der Waals surface area contributed by atoms with Crippen molar-refractivity contribution < 1.29 is 9.53 Å². The van der Waals surface area contributed by atoms with Gasteiger partial charge in [-0.25, -0.2) is 4.98 Å². The summed E-state index contributed by atoms with van der Waals surface area (Å²) in [6, 6.07) is 3.46. The average molecular weight is 228 g/mol. The van der Waals surface area contributed by atoms with Crippen LogP contribution >= 0.6 is 22.9 Å². The molecule has 2 rings (SSSR count). The highest BCUT2D eigenvalue weighted by Crippen LogP contribution is 2.31. The lowest BCUT2D eigenvalue weighted by Crippen LogP contribution is -1.87. The topological polar surface area (TPSA) is 39.2 Å². The number of carbonyl (C=O) groups excluding carboxylic acids is 1. The van der Waals surface area contributed by atoms with E-state index in [-0.39, 0.29) is 0 Å². The summed E-state index contributed by atoms with van der Waals surface area (Å²) in [7, 11) is 1.55. The lowest BCUT2D eigenvalue weighted by Gasteiger charge is -2.00. The Hall–Kier alpha value is -1.13. The molecule has 0 aliphatic rings. The summed E-state index contributed by atoms with van der Waals surface area (Å²) in [4.78, 5) is 14.8. The fraction of sp³-hybridized carbons (Fsp3) is 0.111. The van der Waals surface area contributed by atoms with E-state index in [0.717, 1.165) is 11.0 Å². The van der Waals surface area contributed by atoms with E-state index in [1.807, 2.05) is 6.07 Å². The minimum absolute atomic E-state index is 0.427. The molecule has 0 atom stereocenters. The number of hydrogen-bond donors (Lipinski definition) is 0. The third-order valence-corrected chi connectivity index (χ3v) is 2.94. The molecule has 0 fully saturated rings. The summed E-state index contributed by atoms with van der Waals surface area (Å²) in [5.41, 5.74) is 1.14. The van der Waals surface area contributed by atoms with Gasteiger partial charge in [0.2, 0.25) is 0 Å². The Kier molecular flexibility index (Phi) is 2.39. The van der Waals surface area contributed by atoms with E-state index in [9.17, 15) is 4.79 Å².